The van der Waals surface area contributed by atoms with Crippen LogP contribution < -0.4 is 0 Å². The molecule has 0 N–H and O–H groups in total. The van der Waals surface area contributed by atoms with Gasteiger partial charge in [-0.3, -0.25) is 4.99 Å². The van der Waals surface area contributed by atoms with Crippen LogP contribution >= 0.6 is 23.4 Å². The Labute approximate surface area is 189 Å². The fourth-order valence-electron chi connectivity index (χ4n) is 3.93. The Bertz CT molecular complexity index is 1450. The number of halogens is 2. The normalized spacial score (nSPS) is 21.2. The summed E-state index contributed by atoms with van der Waals surface area (Å²) in [6, 6.07) is 18.0. The maximum Gasteiger partial charge on any atom is 0.265 e. The van der Waals surface area contributed by atoms with Crippen LogP contribution in [0.4, 0.5) is 0 Å². The summed E-state index contributed by atoms with van der Waals surface area (Å²) in [5.74, 6) is 0.633. The highest BCUT2D eigenvalue weighted by Gasteiger charge is 2.47. The van der Waals surface area contributed by atoms with Crippen molar-refractivity contribution >= 4 is 46.3 Å². The second-order valence-electron chi connectivity index (χ2n) is 7.45. The summed E-state index contributed by atoms with van der Waals surface area (Å²) in [5.41, 5.74) is 6.18. The molecule has 1 aliphatic carbocycles. The van der Waals surface area contributed by atoms with Crippen molar-refractivity contribution in [1.82, 2.24) is 4.98 Å². The van der Waals surface area contributed by atoms with Gasteiger partial charge in [-0.2, -0.15) is 4.99 Å². The highest BCUT2D eigenvalue weighted by atomic mass is 35.5. The quantitative estimate of drug-likeness (QED) is 0.424. The maximum atomic E-state index is 7.08. The number of rotatable bonds is 3. The SMILES string of the molecule is Clc1cc2ccc(-c3ccccc3)nc2cc1C1=NC(C2=CC=C2)=C2C=NC=C[N+]12Cl. The average Bonchev–Trinajstić information content (AvgIpc) is 3.05. The van der Waals surface area contributed by atoms with Gasteiger partial charge in [0, 0.05) is 16.5 Å². The predicted octanol–water partition coefficient (Wildman–Crippen LogP) is 6.55. The molecule has 0 amide bonds. The standard InChI is InChI=1S/C25H15Cl2N4/c26-20-13-18-9-10-21(16-5-2-1-3-6-16)29-22(18)14-19(20)25-30-24(17-7-4-8-17)23-15-28-11-12-31(23,25)27/h1-15H/q+1. The van der Waals surface area contributed by atoms with E-state index < -0.39 is 0 Å². The number of nitrogens with zero attached hydrogens (tertiary/aromatic N) is 4. The number of allylic oxidation sites excluding steroid dienone is 4. The summed E-state index contributed by atoms with van der Waals surface area (Å²) in [4.78, 5) is 14.1. The van der Waals surface area contributed by atoms with E-state index >= 15 is 0 Å². The van der Waals surface area contributed by atoms with E-state index in [1.165, 1.54) is 0 Å². The van der Waals surface area contributed by atoms with Gasteiger partial charge in [-0.05, 0) is 18.2 Å². The van der Waals surface area contributed by atoms with Crippen molar-refractivity contribution in [3.8, 4) is 11.3 Å². The molecule has 1 unspecified atom stereocenters. The van der Waals surface area contributed by atoms with Crippen LogP contribution in [0, 0.1) is 0 Å². The van der Waals surface area contributed by atoms with Gasteiger partial charge in [0.05, 0.1) is 34.2 Å². The van der Waals surface area contributed by atoms with E-state index in [9.17, 15) is 0 Å². The number of hydrogen-bond donors (Lipinski definition) is 0. The van der Waals surface area contributed by atoms with Gasteiger partial charge in [0.1, 0.15) is 11.9 Å². The molecule has 0 bridgehead atoms. The molecular formula is C25H15Cl2N4+. The lowest BCUT2D eigenvalue weighted by molar-refractivity contribution is -0.599. The molecule has 2 aliphatic heterocycles. The lowest BCUT2D eigenvalue weighted by Crippen LogP contribution is -2.38. The minimum Gasteiger partial charge on any atom is -0.253 e. The number of quaternary nitrogens is 1. The second kappa shape index (κ2) is 6.86. The topological polar surface area (TPSA) is 37.6 Å². The highest BCUT2D eigenvalue weighted by molar-refractivity contribution is 6.35. The fraction of sp³-hybridized carbons (Fsp3) is 0. The van der Waals surface area contributed by atoms with Crippen LogP contribution in [0.15, 0.2) is 112 Å². The van der Waals surface area contributed by atoms with Crippen LogP contribution in [0.2, 0.25) is 5.02 Å². The van der Waals surface area contributed by atoms with Gasteiger partial charge in [0.25, 0.3) is 5.84 Å². The average molecular weight is 442 g/mol. The number of pyridine rings is 1. The number of benzene rings is 2. The van der Waals surface area contributed by atoms with Gasteiger partial charge in [0.15, 0.2) is 11.8 Å². The molecular weight excluding hydrogens is 427 g/mol. The number of amidine groups is 1. The van der Waals surface area contributed by atoms with Crippen molar-refractivity contribution in [3.63, 3.8) is 0 Å². The third kappa shape index (κ3) is 2.84. The molecule has 0 fully saturated rings. The lowest BCUT2D eigenvalue weighted by Gasteiger charge is -2.23. The zero-order chi connectivity index (χ0) is 21.0. The van der Waals surface area contributed by atoms with Crippen LogP contribution in [0.25, 0.3) is 22.2 Å². The van der Waals surface area contributed by atoms with Crippen LogP contribution in [-0.4, -0.2) is 21.0 Å². The number of hydrogen-bond acceptors (Lipinski definition) is 3. The molecule has 3 aliphatic rings. The number of aliphatic imine (C=N–C) groups is 2. The first kappa shape index (κ1) is 18.5. The summed E-state index contributed by atoms with van der Waals surface area (Å²) < 4.78 is -0.104. The highest BCUT2D eigenvalue weighted by Crippen LogP contribution is 2.42. The Hall–Kier alpha value is -3.31. The predicted molar refractivity (Wildman–Crippen MR) is 127 cm³/mol. The van der Waals surface area contributed by atoms with Gasteiger partial charge in [0.2, 0.25) is 5.70 Å². The number of aromatic nitrogens is 1. The van der Waals surface area contributed by atoms with Crippen molar-refractivity contribution in [3.05, 3.63) is 113 Å². The van der Waals surface area contributed by atoms with Crippen molar-refractivity contribution in [2.45, 2.75) is 0 Å². The zero-order valence-electron chi connectivity index (χ0n) is 16.2. The van der Waals surface area contributed by atoms with E-state index in [0.717, 1.165) is 44.7 Å². The monoisotopic (exact) mass is 441 g/mol. The lowest BCUT2D eigenvalue weighted by atomic mass is 10.0. The molecule has 1 atom stereocenters. The van der Waals surface area contributed by atoms with Gasteiger partial charge < -0.3 is 0 Å². The molecule has 148 valence electrons. The van der Waals surface area contributed by atoms with Gasteiger partial charge in [-0.1, -0.05) is 66.2 Å². The van der Waals surface area contributed by atoms with Gasteiger partial charge in [-0.15, -0.1) is 4.00 Å². The van der Waals surface area contributed by atoms with Crippen LogP contribution in [0.3, 0.4) is 0 Å². The van der Waals surface area contributed by atoms with Gasteiger partial charge in [-0.25, -0.2) is 4.98 Å². The van der Waals surface area contributed by atoms with E-state index in [0.29, 0.717) is 10.9 Å². The summed E-state index contributed by atoms with van der Waals surface area (Å²) in [7, 11) is 0. The largest absolute Gasteiger partial charge is 0.265 e. The molecule has 6 heteroatoms. The smallest absolute Gasteiger partial charge is 0.253 e. The van der Waals surface area contributed by atoms with Crippen molar-refractivity contribution < 1.29 is 4.00 Å². The van der Waals surface area contributed by atoms with Crippen molar-refractivity contribution in [2.75, 3.05) is 0 Å². The molecule has 0 saturated carbocycles. The minimum absolute atomic E-state index is 0.104. The van der Waals surface area contributed by atoms with Crippen LogP contribution in [0.5, 0.6) is 0 Å². The molecule has 3 aromatic rings. The molecule has 6 rings (SSSR count). The molecule has 0 spiro atoms. The first-order chi connectivity index (χ1) is 15.1. The summed E-state index contributed by atoms with van der Waals surface area (Å²) >= 11 is 13.8. The summed E-state index contributed by atoms with van der Waals surface area (Å²) in [5, 5.41) is 1.54. The molecule has 31 heavy (non-hydrogen) atoms. The second-order valence-corrected chi connectivity index (χ2v) is 8.39. The van der Waals surface area contributed by atoms with E-state index in [1.54, 1.807) is 18.6 Å². The first-order valence-electron chi connectivity index (χ1n) is 9.82. The molecule has 1 aromatic heterocycles. The number of fused-ring (bicyclic) bond motifs is 2. The van der Waals surface area contributed by atoms with Crippen molar-refractivity contribution in [1.29, 1.82) is 0 Å². The van der Waals surface area contributed by atoms with E-state index in [4.69, 9.17) is 33.4 Å². The molecule has 0 saturated heterocycles. The van der Waals surface area contributed by atoms with E-state index in [-0.39, 0.29) is 4.00 Å². The molecule has 2 aromatic carbocycles. The van der Waals surface area contributed by atoms with Gasteiger partial charge >= 0.3 is 0 Å². The fourth-order valence-corrected chi connectivity index (χ4v) is 4.49. The van der Waals surface area contributed by atoms with Crippen LogP contribution in [0.1, 0.15) is 5.56 Å². The van der Waals surface area contributed by atoms with E-state index in [1.807, 2.05) is 72.8 Å². The Morgan fingerprint density at radius 1 is 0.968 bits per heavy atom. The molecule has 0 radical (unpaired) electrons. The summed E-state index contributed by atoms with van der Waals surface area (Å²) in [6.07, 6.45) is 11.2. The summed E-state index contributed by atoms with van der Waals surface area (Å²) in [6.45, 7) is 0. The minimum atomic E-state index is -0.104. The van der Waals surface area contributed by atoms with E-state index in [2.05, 4.69) is 4.99 Å². The molecule has 3 heterocycles. The third-order valence-corrected chi connectivity index (χ3v) is 6.36. The Morgan fingerprint density at radius 2 is 1.81 bits per heavy atom. The van der Waals surface area contributed by atoms with Crippen LogP contribution in [-0.2, 0) is 0 Å². The molecule has 4 nitrogen and oxygen atoms in total. The Kier molecular flexibility index (Phi) is 4.08. The third-order valence-electron chi connectivity index (χ3n) is 5.59. The zero-order valence-corrected chi connectivity index (χ0v) is 17.7. The maximum absolute atomic E-state index is 7.08. The Balaban J connectivity index is 1.52. The first-order valence-corrected chi connectivity index (χ1v) is 10.5. The Morgan fingerprint density at radius 3 is 2.58 bits per heavy atom. The van der Waals surface area contributed by atoms with Crippen molar-refractivity contribution in [2.24, 2.45) is 9.98 Å².